The Bertz CT molecular complexity index is 1480. The monoisotopic (exact) mass is 411 g/mol. The number of aromatic amines is 1. The zero-order valence-corrected chi connectivity index (χ0v) is 17.1. The molecule has 0 unspecified atom stereocenters. The topological polar surface area (TPSA) is 79.2 Å². The lowest BCUT2D eigenvalue weighted by atomic mass is 10.0. The van der Waals surface area contributed by atoms with Gasteiger partial charge in [0.05, 0.1) is 30.1 Å². The van der Waals surface area contributed by atoms with Crippen LogP contribution in [-0.4, -0.2) is 27.3 Å². The Kier molecular flexibility index (Phi) is 4.75. The quantitative estimate of drug-likeness (QED) is 0.464. The molecule has 0 saturated carbocycles. The first-order valence-corrected chi connectivity index (χ1v) is 10.3. The van der Waals surface area contributed by atoms with Gasteiger partial charge < -0.3 is 14.3 Å². The Balaban J connectivity index is 1.44. The number of rotatable bonds is 5. The molecule has 2 heterocycles. The highest BCUT2D eigenvalue weighted by molar-refractivity contribution is 6.08. The van der Waals surface area contributed by atoms with Crippen molar-refractivity contribution in [1.82, 2.24) is 14.9 Å². The number of hydrogen-bond acceptors (Lipinski definition) is 4. The number of carbonyl (C=O) groups excluding carboxylic acids is 1. The summed E-state index contributed by atoms with van der Waals surface area (Å²) in [5.74, 6) is 0.426. The molecule has 31 heavy (non-hydrogen) atoms. The molecule has 6 heteroatoms. The van der Waals surface area contributed by atoms with E-state index in [9.17, 15) is 9.59 Å². The molecule has 3 aromatic carbocycles. The van der Waals surface area contributed by atoms with Crippen LogP contribution in [0, 0.1) is 0 Å². The summed E-state index contributed by atoms with van der Waals surface area (Å²) < 4.78 is 5.72. The average Bonchev–Trinajstić information content (AvgIpc) is 3.20. The van der Waals surface area contributed by atoms with Crippen LogP contribution < -0.4 is 5.56 Å². The second kappa shape index (κ2) is 7.72. The smallest absolute Gasteiger partial charge is 0.258 e. The van der Waals surface area contributed by atoms with Crippen LogP contribution in [0.2, 0.25) is 0 Å². The number of furan rings is 1. The molecule has 6 nitrogen and oxygen atoms in total. The minimum Gasteiger partial charge on any atom is -0.464 e. The van der Waals surface area contributed by atoms with Gasteiger partial charge in [-0.1, -0.05) is 42.5 Å². The number of hydrogen-bond donors (Lipinski definition) is 1. The standard InChI is InChI=1S/C25H21N3O3/c1-2-28(14-22-26-20-10-6-5-9-19(20)25(30)27-22)23(29)13-17-15-31-21-12-11-16-7-3-4-8-18(16)24(17)21/h3-12,15H,2,13-14H2,1H3,(H,26,27,30). The third-order valence-electron chi connectivity index (χ3n) is 5.62. The van der Waals surface area contributed by atoms with Crippen molar-refractivity contribution < 1.29 is 9.21 Å². The van der Waals surface area contributed by atoms with Crippen LogP contribution in [0.5, 0.6) is 0 Å². The molecular formula is C25H21N3O3. The molecule has 2 aromatic heterocycles. The maximum absolute atomic E-state index is 13.1. The van der Waals surface area contributed by atoms with Crippen molar-refractivity contribution in [3.63, 3.8) is 0 Å². The Morgan fingerprint density at radius 3 is 2.65 bits per heavy atom. The second-order valence-electron chi connectivity index (χ2n) is 7.54. The minimum absolute atomic E-state index is 0.0473. The van der Waals surface area contributed by atoms with Crippen LogP contribution in [0.15, 0.2) is 76.1 Å². The molecule has 5 rings (SSSR count). The molecule has 0 atom stereocenters. The molecule has 5 aromatic rings. The molecule has 1 amide bonds. The summed E-state index contributed by atoms with van der Waals surface area (Å²) in [6.45, 7) is 2.66. The van der Waals surface area contributed by atoms with Gasteiger partial charge in [-0.05, 0) is 35.9 Å². The fraction of sp³-hybridized carbons (Fsp3) is 0.160. The molecular weight excluding hydrogens is 390 g/mol. The van der Waals surface area contributed by atoms with Crippen molar-refractivity contribution in [2.75, 3.05) is 6.54 Å². The van der Waals surface area contributed by atoms with E-state index < -0.39 is 0 Å². The molecule has 1 N–H and O–H groups in total. The molecule has 0 fully saturated rings. The van der Waals surface area contributed by atoms with E-state index in [1.165, 1.54) is 0 Å². The first-order chi connectivity index (χ1) is 15.1. The summed E-state index contributed by atoms with van der Waals surface area (Å²) in [5.41, 5.74) is 2.05. The maximum Gasteiger partial charge on any atom is 0.258 e. The lowest BCUT2D eigenvalue weighted by Gasteiger charge is -2.20. The van der Waals surface area contributed by atoms with Crippen LogP contribution in [-0.2, 0) is 17.8 Å². The first-order valence-electron chi connectivity index (χ1n) is 10.3. The summed E-state index contributed by atoms with van der Waals surface area (Å²) in [5, 5.41) is 3.69. The molecule has 0 saturated heterocycles. The molecule has 154 valence electrons. The highest BCUT2D eigenvalue weighted by Crippen LogP contribution is 2.30. The Morgan fingerprint density at radius 1 is 1.03 bits per heavy atom. The van der Waals surface area contributed by atoms with Crippen molar-refractivity contribution in [1.29, 1.82) is 0 Å². The van der Waals surface area contributed by atoms with E-state index in [1.807, 2.05) is 49.4 Å². The van der Waals surface area contributed by atoms with Crippen molar-refractivity contribution in [3.05, 3.63) is 88.7 Å². The van der Waals surface area contributed by atoms with Gasteiger partial charge in [-0.15, -0.1) is 0 Å². The number of carbonyl (C=O) groups is 1. The van der Waals surface area contributed by atoms with Crippen molar-refractivity contribution in [2.24, 2.45) is 0 Å². The molecule has 0 aliphatic carbocycles. The van der Waals surface area contributed by atoms with Gasteiger partial charge >= 0.3 is 0 Å². The third-order valence-corrected chi connectivity index (χ3v) is 5.62. The summed E-state index contributed by atoms with van der Waals surface area (Å²) >= 11 is 0. The van der Waals surface area contributed by atoms with Crippen LogP contribution >= 0.6 is 0 Å². The number of aromatic nitrogens is 2. The Labute approximate surface area is 178 Å². The van der Waals surface area contributed by atoms with Gasteiger partial charge in [-0.2, -0.15) is 0 Å². The van der Waals surface area contributed by atoms with Crippen molar-refractivity contribution >= 4 is 38.6 Å². The summed E-state index contributed by atoms with van der Waals surface area (Å²) in [7, 11) is 0. The third kappa shape index (κ3) is 3.46. The number of benzene rings is 3. The van der Waals surface area contributed by atoms with Gasteiger partial charge in [0.1, 0.15) is 11.4 Å². The van der Waals surface area contributed by atoms with E-state index >= 15 is 0 Å². The fourth-order valence-corrected chi connectivity index (χ4v) is 4.05. The van der Waals surface area contributed by atoms with Crippen LogP contribution in [0.3, 0.4) is 0 Å². The Morgan fingerprint density at radius 2 is 1.81 bits per heavy atom. The first kappa shape index (κ1) is 19.1. The van der Waals surface area contributed by atoms with Crippen LogP contribution in [0.25, 0.3) is 32.6 Å². The largest absolute Gasteiger partial charge is 0.464 e. The van der Waals surface area contributed by atoms with Gasteiger partial charge in [0.2, 0.25) is 5.91 Å². The predicted octanol–water partition coefficient (Wildman–Crippen LogP) is 4.41. The van der Waals surface area contributed by atoms with Crippen molar-refractivity contribution in [3.8, 4) is 0 Å². The van der Waals surface area contributed by atoms with E-state index in [2.05, 4.69) is 9.97 Å². The van der Waals surface area contributed by atoms with Crippen molar-refractivity contribution in [2.45, 2.75) is 19.9 Å². The number of amides is 1. The molecule has 0 spiro atoms. The van der Waals surface area contributed by atoms with E-state index in [4.69, 9.17) is 4.42 Å². The average molecular weight is 411 g/mol. The highest BCUT2D eigenvalue weighted by Gasteiger charge is 2.18. The summed E-state index contributed by atoms with van der Waals surface area (Å²) in [6, 6.07) is 19.2. The summed E-state index contributed by atoms with van der Waals surface area (Å²) in [4.78, 5) is 34.5. The Hall–Kier alpha value is -3.93. The number of likely N-dealkylation sites (N-methyl/N-ethyl adjacent to an activating group) is 1. The lowest BCUT2D eigenvalue weighted by molar-refractivity contribution is -0.131. The van der Waals surface area contributed by atoms with Gasteiger partial charge in [-0.25, -0.2) is 4.98 Å². The number of nitrogens with one attached hydrogen (secondary N) is 1. The number of fused-ring (bicyclic) bond motifs is 4. The number of H-pyrrole nitrogens is 1. The van der Waals surface area contributed by atoms with Gasteiger partial charge in [0.25, 0.3) is 5.56 Å². The second-order valence-corrected chi connectivity index (χ2v) is 7.54. The normalized spacial score (nSPS) is 11.4. The number of nitrogens with zero attached hydrogens (tertiary/aromatic N) is 2. The lowest BCUT2D eigenvalue weighted by Crippen LogP contribution is -2.33. The summed E-state index contributed by atoms with van der Waals surface area (Å²) in [6.07, 6.45) is 1.88. The minimum atomic E-state index is -0.198. The van der Waals surface area contributed by atoms with E-state index in [-0.39, 0.29) is 24.4 Å². The molecule has 0 bridgehead atoms. The zero-order chi connectivity index (χ0) is 21.4. The maximum atomic E-state index is 13.1. The van der Waals surface area contributed by atoms with Crippen LogP contribution in [0.1, 0.15) is 18.3 Å². The zero-order valence-electron chi connectivity index (χ0n) is 17.1. The van der Waals surface area contributed by atoms with Gasteiger partial charge in [0.15, 0.2) is 0 Å². The number of para-hydroxylation sites is 1. The predicted molar refractivity (Wildman–Crippen MR) is 121 cm³/mol. The van der Waals surface area contributed by atoms with Crippen LogP contribution in [0.4, 0.5) is 0 Å². The molecule has 0 aliphatic rings. The molecule has 0 aliphatic heterocycles. The molecule has 0 radical (unpaired) electrons. The van der Waals surface area contributed by atoms with Gasteiger partial charge in [0, 0.05) is 17.5 Å². The fourth-order valence-electron chi connectivity index (χ4n) is 4.05. The SMILES string of the molecule is CCN(Cc1nc2ccccc2c(=O)[nH]1)C(=O)Cc1coc2ccc3ccccc3c12. The highest BCUT2D eigenvalue weighted by atomic mass is 16.3. The van der Waals surface area contributed by atoms with E-state index in [0.717, 1.165) is 27.3 Å². The van der Waals surface area contributed by atoms with Gasteiger partial charge in [-0.3, -0.25) is 9.59 Å². The van der Waals surface area contributed by atoms with E-state index in [1.54, 1.807) is 29.4 Å². The van der Waals surface area contributed by atoms with E-state index in [0.29, 0.717) is 23.3 Å².